The molecule has 0 bridgehead atoms. The molecule has 4 rings (SSSR count). The van der Waals surface area contributed by atoms with E-state index < -0.39 is 23.5 Å². The predicted molar refractivity (Wildman–Crippen MR) is 136 cm³/mol. The van der Waals surface area contributed by atoms with E-state index in [-0.39, 0.29) is 21.9 Å². The zero-order valence-corrected chi connectivity index (χ0v) is 21.0. The van der Waals surface area contributed by atoms with Crippen molar-refractivity contribution in [2.45, 2.75) is 25.8 Å². The summed E-state index contributed by atoms with van der Waals surface area (Å²) in [5.41, 5.74) is 0.547. The molecule has 0 spiro atoms. The summed E-state index contributed by atoms with van der Waals surface area (Å²) < 4.78 is 11.2. The zero-order valence-electron chi connectivity index (χ0n) is 20.3. The van der Waals surface area contributed by atoms with Gasteiger partial charge in [0, 0.05) is 31.2 Å². The van der Waals surface area contributed by atoms with Crippen molar-refractivity contribution in [2.75, 3.05) is 46.0 Å². The van der Waals surface area contributed by atoms with Crippen LogP contribution in [0.15, 0.2) is 48.0 Å². The van der Waals surface area contributed by atoms with Crippen LogP contribution >= 0.6 is 11.6 Å². The molecule has 9 heteroatoms. The van der Waals surface area contributed by atoms with E-state index in [0.29, 0.717) is 44.1 Å². The summed E-state index contributed by atoms with van der Waals surface area (Å²) in [4.78, 5) is 30.2. The molecule has 2 aliphatic heterocycles. The number of ether oxygens (including phenoxy) is 2. The van der Waals surface area contributed by atoms with E-state index in [1.165, 1.54) is 23.1 Å². The second-order valence-electron chi connectivity index (χ2n) is 8.88. The van der Waals surface area contributed by atoms with Crippen molar-refractivity contribution in [2.24, 2.45) is 0 Å². The number of rotatable bonds is 9. The fourth-order valence-corrected chi connectivity index (χ4v) is 4.76. The second-order valence-corrected chi connectivity index (χ2v) is 9.32. The number of phenols is 1. The number of aliphatic hydroxyl groups excluding tert-OH is 1. The van der Waals surface area contributed by atoms with Gasteiger partial charge in [-0.1, -0.05) is 30.7 Å². The third-order valence-electron chi connectivity index (χ3n) is 6.38. The highest BCUT2D eigenvalue weighted by molar-refractivity contribution is 6.46. The van der Waals surface area contributed by atoms with E-state index >= 15 is 0 Å². The molecule has 36 heavy (non-hydrogen) atoms. The van der Waals surface area contributed by atoms with Crippen molar-refractivity contribution < 1.29 is 29.3 Å². The number of hydrogen-bond acceptors (Lipinski definition) is 7. The summed E-state index contributed by atoms with van der Waals surface area (Å²) in [7, 11) is 0. The number of nitrogens with zero attached hydrogens (tertiary/aromatic N) is 2. The van der Waals surface area contributed by atoms with Gasteiger partial charge in [0.2, 0.25) is 0 Å². The average molecular weight is 515 g/mol. The number of amides is 1. The van der Waals surface area contributed by atoms with Crippen LogP contribution in [0, 0.1) is 0 Å². The van der Waals surface area contributed by atoms with Gasteiger partial charge in [-0.05, 0) is 48.7 Å². The van der Waals surface area contributed by atoms with Gasteiger partial charge in [0.25, 0.3) is 11.7 Å². The summed E-state index contributed by atoms with van der Waals surface area (Å²) in [5, 5.41) is 21.9. The Morgan fingerprint density at radius 3 is 2.67 bits per heavy atom. The van der Waals surface area contributed by atoms with Gasteiger partial charge in [0.15, 0.2) is 0 Å². The first-order valence-electron chi connectivity index (χ1n) is 12.2. The molecular weight excluding hydrogens is 484 g/mol. The number of benzene rings is 2. The molecule has 192 valence electrons. The van der Waals surface area contributed by atoms with Gasteiger partial charge < -0.3 is 24.6 Å². The molecule has 0 saturated carbocycles. The zero-order chi connectivity index (χ0) is 25.7. The highest BCUT2D eigenvalue weighted by atomic mass is 35.5. The third-order valence-corrected chi connectivity index (χ3v) is 6.61. The van der Waals surface area contributed by atoms with E-state index in [1.54, 1.807) is 18.2 Å². The minimum absolute atomic E-state index is 0.00259. The molecule has 8 nitrogen and oxygen atoms in total. The molecule has 1 atom stereocenters. The Bertz CT molecular complexity index is 1140. The number of carbonyl (C=O) groups is 2. The van der Waals surface area contributed by atoms with E-state index in [4.69, 9.17) is 21.1 Å². The van der Waals surface area contributed by atoms with Crippen molar-refractivity contribution in [3.63, 3.8) is 0 Å². The molecule has 2 N–H and O–H groups in total. The number of likely N-dealkylation sites (tertiary alicyclic amines) is 1. The van der Waals surface area contributed by atoms with E-state index in [1.807, 2.05) is 13.0 Å². The number of Topliss-reactive ketones (excluding diaryl/α,β-unsaturated/α-hetero) is 1. The first-order valence-corrected chi connectivity index (χ1v) is 12.6. The summed E-state index contributed by atoms with van der Waals surface area (Å²) in [6.07, 6.45) is 1.48. The number of carbonyl (C=O) groups excluding carboxylic acids is 2. The van der Waals surface area contributed by atoms with Crippen molar-refractivity contribution in [3.05, 3.63) is 64.2 Å². The van der Waals surface area contributed by atoms with Gasteiger partial charge in [-0.25, -0.2) is 0 Å². The minimum Gasteiger partial charge on any atom is -0.507 e. The van der Waals surface area contributed by atoms with Crippen LogP contribution in [0.4, 0.5) is 0 Å². The highest BCUT2D eigenvalue weighted by Gasteiger charge is 2.46. The Hall–Kier alpha value is -3.07. The lowest BCUT2D eigenvalue weighted by Gasteiger charge is -2.29. The van der Waals surface area contributed by atoms with Crippen molar-refractivity contribution in [3.8, 4) is 11.5 Å². The van der Waals surface area contributed by atoms with Gasteiger partial charge in [0.1, 0.15) is 17.3 Å². The SMILES string of the molecule is CCCOc1cccc(C2/C(=C(\O)c3cc(Cl)ccc3O)C(=O)C(=O)N2CCCN2CCOCC2)c1. The van der Waals surface area contributed by atoms with Crippen LogP contribution in [0.25, 0.3) is 5.76 Å². The van der Waals surface area contributed by atoms with Crippen LogP contribution in [-0.2, 0) is 14.3 Å². The second kappa shape index (κ2) is 11.8. The van der Waals surface area contributed by atoms with Crippen LogP contribution in [0.3, 0.4) is 0 Å². The number of aliphatic hydroxyl groups is 1. The molecule has 1 amide bonds. The van der Waals surface area contributed by atoms with Crippen molar-refractivity contribution in [1.82, 2.24) is 9.80 Å². The number of phenolic OH excluding ortho intramolecular Hbond substituents is 1. The first kappa shape index (κ1) is 26.0. The predicted octanol–water partition coefficient (Wildman–Crippen LogP) is 3.98. The normalized spacial score (nSPS) is 20.2. The maximum absolute atomic E-state index is 13.3. The summed E-state index contributed by atoms with van der Waals surface area (Å²) >= 11 is 6.09. The Morgan fingerprint density at radius 2 is 1.92 bits per heavy atom. The monoisotopic (exact) mass is 514 g/mol. The average Bonchev–Trinajstić information content (AvgIpc) is 3.14. The summed E-state index contributed by atoms with van der Waals surface area (Å²) in [6.45, 7) is 6.62. The standard InChI is InChI=1S/C27H31ClN2O6/c1-2-13-36-20-6-3-5-18(16-20)24-23(25(32)21-17-19(28)7-8-22(21)31)26(33)27(34)30(24)10-4-9-29-11-14-35-15-12-29/h3,5-8,16-17,24,31-32H,2,4,9-15H2,1H3/b25-23+. The Balaban J connectivity index is 1.71. The van der Waals surface area contributed by atoms with E-state index in [9.17, 15) is 19.8 Å². The maximum atomic E-state index is 13.3. The molecule has 2 aromatic carbocycles. The van der Waals surface area contributed by atoms with Crippen LogP contribution < -0.4 is 4.74 Å². The smallest absolute Gasteiger partial charge is 0.295 e. The van der Waals surface area contributed by atoms with Crippen LogP contribution in [0.1, 0.15) is 36.9 Å². The van der Waals surface area contributed by atoms with Crippen molar-refractivity contribution >= 4 is 29.1 Å². The lowest BCUT2D eigenvalue weighted by molar-refractivity contribution is -0.140. The molecule has 0 aliphatic carbocycles. The molecule has 0 radical (unpaired) electrons. The topological polar surface area (TPSA) is 99.5 Å². The first-order chi connectivity index (χ1) is 17.4. The summed E-state index contributed by atoms with van der Waals surface area (Å²) in [5.74, 6) is -1.59. The maximum Gasteiger partial charge on any atom is 0.295 e. The fraction of sp³-hybridized carbons (Fsp3) is 0.407. The summed E-state index contributed by atoms with van der Waals surface area (Å²) in [6, 6.07) is 10.5. The number of halogens is 1. The molecule has 2 saturated heterocycles. The number of aromatic hydroxyl groups is 1. The third kappa shape index (κ3) is 5.67. The molecular formula is C27H31ClN2O6. The quantitative estimate of drug-likeness (QED) is 0.296. The molecule has 0 aromatic heterocycles. The molecule has 1 unspecified atom stereocenters. The van der Waals surface area contributed by atoms with Gasteiger partial charge >= 0.3 is 0 Å². The van der Waals surface area contributed by atoms with E-state index in [2.05, 4.69) is 4.90 Å². The van der Waals surface area contributed by atoms with Crippen LogP contribution in [0.2, 0.25) is 5.02 Å². The van der Waals surface area contributed by atoms with Gasteiger partial charge in [-0.3, -0.25) is 14.5 Å². The van der Waals surface area contributed by atoms with Gasteiger partial charge in [-0.2, -0.15) is 0 Å². The highest BCUT2D eigenvalue weighted by Crippen LogP contribution is 2.42. The number of ketones is 1. The minimum atomic E-state index is -0.835. The van der Waals surface area contributed by atoms with Crippen LogP contribution in [0.5, 0.6) is 11.5 Å². The molecule has 2 aliphatic rings. The Kier molecular flexibility index (Phi) is 8.51. The Labute approximate surface area is 215 Å². The van der Waals surface area contributed by atoms with E-state index in [0.717, 1.165) is 26.1 Å². The van der Waals surface area contributed by atoms with Crippen molar-refractivity contribution in [1.29, 1.82) is 0 Å². The van der Waals surface area contributed by atoms with Crippen LogP contribution in [-0.4, -0.2) is 77.7 Å². The molecule has 2 aromatic rings. The van der Waals surface area contributed by atoms with Gasteiger partial charge in [0.05, 0.1) is 37.0 Å². The lowest BCUT2D eigenvalue weighted by atomic mass is 9.94. The Morgan fingerprint density at radius 1 is 1.14 bits per heavy atom. The largest absolute Gasteiger partial charge is 0.507 e. The van der Waals surface area contributed by atoms with Gasteiger partial charge in [-0.15, -0.1) is 0 Å². The fourth-order valence-electron chi connectivity index (χ4n) is 4.58. The molecule has 2 heterocycles. The number of hydrogen-bond donors (Lipinski definition) is 2. The lowest BCUT2D eigenvalue weighted by Crippen LogP contribution is -2.38. The number of morpholine rings is 1. The molecule has 2 fully saturated rings.